The molecule has 43 heavy (non-hydrogen) atoms. The molecule has 0 fully saturated rings. The minimum absolute atomic E-state index is 0.0678. The normalized spacial score (nSPS) is 11.8. The van der Waals surface area contributed by atoms with Crippen LogP contribution in [0.25, 0.3) is 0 Å². The number of ether oxygens (including phenoxy) is 1. The topological polar surface area (TPSA) is 96.0 Å². The van der Waals surface area contributed by atoms with E-state index in [2.05, 4.69) is 5.32 Å². The highest BCUT2D eigenvalue weighted by atomic mass is 32.2. The second-order valence-electron chi connectivity index (χ2n) is 9.72. The molecule has 0 saturated heterocycles. The van der Waals surface area contributed by atoms with Gasteiger partial charge in [0.1, 0.15) is 24.2 Å². The average molecular weight is 604 g/mol. The van der Waals surface area contributed by atoms with Gasteiger partial charge in [0.2, 0.25) is 11.8 Å². The number of benzene rings is 4. The van der Waals surface area contributed by atoms with E-state index >= 15 is 0 Å². The predicted molar refractivity (Wildman–Crippen MR) is 164 cm³/mol. The number of nitrogens with one attached hydrogen (secondary N) is 1. The lowest BCUT2D eigenvalue weighted by molar-refractivity contribution is -0.139. The van der Waals surface area contributed by atoms with Crippen LogP contribution >= 0.6 is 0 Å². The number of anilines is 1. The van der Waals surface area contributed by atoms with Crippen molar-refractivity contribution in [1.82, 2.24) is 10.2 Å². The van der Waals surface area contributed by atoms with Crippen molar-refractivity contribution in [2.24, 2.45) is 0 Å². The van der Waals surface area contributed by atoms with Crippen molar-refractivity contribution in [3.05, 3.63) is 126 Å². The Balaban J connectivity index is 1.77. The third-order valence-electron chi connectivity index (χ3n) is 6.83. The van der Waals surface area contributed by atoms with Gasteiger partial charge >= 0.3 is 0 Å². The zero-order valence-electron chi connectivity index (χ0n) is 24.0. The van der Waals surface area contributed by atoms with Crippen molar-refractivity contribution in [2.45, 2.75) is 30.8 Å². The Kier molecular flexibility index (Phi) is 10.5. The van der Waals surface area contributed by atoms with Gasteiger partial charge in [-0.05, 0) is 66.6 Å². The second kappa shape index (κ2) is 14.5. The lowest BCUT2D eigenvalue weighted by Gasteiger charge is -2.33. The minimum Gasteiger partial charge on any atom is -0.494 e. The maximum Gasteiger partial charge on any atom is 0.264 e. The molecule has 0 aliphatic carbocycles. The fourth-order valence-corrected chi connectivity index (χ4v) is 6.05. The summed E-state index contributed by atoms with van der Waals surface area (Å²) in [5.41, 5.74) is 1.82. The average Bonchev–Trinajstić information content (AvgIpc) is 3.03. The highest BCUT2D eigenvalue weighted by Crippen LogP contribution is 2.27. The molecule has 4 rings (SSSR count). The molecule has 1 atom stereocenters. The van der Waals surface area contributed by atoms with E-state index in [1.165, 1.54) is 11.9 Å². The Hall–Kier alpha value is -4.70. The van der Waals surface area contributed by atoms with E-state index in [4.69, 9.17) is 4.74 Å². The van der Waals surface area contributed by atoms with Gasteiger partial charge < -0.3 is 15.0 Å². The standard InChI is InChI=1S/C33H34FN3O5S/c1-3-42-29-18-16-28(17-19-29)37(43(40,41)30-20-14-27(34)15-21-30)24-32(38)36(23-26-12-8-5-9-13-26)31(33(39)35-2)22-25-10-6-4-7-11-25/h4-21,31H,3,22-24H2,1-2H3,(H,35,39). The second-order valence-corrected chi connectivity index (χ2v) is 11.6. The lowest BCUT2D eigenvalue weighted by Crippen LogP contribution is -2.53. The Labute approximate surface area is 251 Å². The number of hydrogen-bond acceptors (Lipinski definition) is 5. The number of hydrogen-bond donors (Lipinski definition) is 1. The molecule has 0 heterocycles. The molecule has 0 aromatic heterocycles. The van der Waals surface area contributed by atoms with Gasteiger partial charge in [0, 0.05) is 20.0 Å². The van der Waals surface area contributed by atoms with Gasteiger partial charge in [0.25, 0.3) is 10.0 Å². The summed E-state index contributed by atoms with van der Waals surface area (Å²) < 4.78 is 48.1. The van der Waals surface area contributed by atoms with E-state index in [-0.39, 0.29) is 29.5 Å². The van der Waals surface area contributed by atoms with Crippen molar-refractivity contribution in [2.75, 3.05) is 24.5 Å². The van der Waals surface area contributed by atoms with Crippen LogP contribution in [0.2, 0.25) is 0 Å². The maximum absolute atomic E-state index is 14.2. The van der Waals surface area contributed by atoms with Crippen molar-refractivity contribution in [3.63, 3.8) is 0 Å². The number of halogens is 1. The van der Waals surface area contributed by atoms with Crippen molar-refractivity contribution in [1.29, 1.82) is 0 Å². The van der Waals surface area contributed by atoms with Gasteiger partial charge in [-0.1, -0.05) is 60.7 Å². The fourth-order valence-electron chi connectivity index (χ4n) is 4.64. The minimum atomic E-state index is -4.33. The van der Waals surface area contributed by atoms with Gasteiger partial charge in [-0.3, -0.25) is 13.9 Å². The molecule has 1 N–H and O–H groups in total. The highest BCUT2D eigenvalue weighted by Gasteiger charge is 2.34. The highest BCUT2D eigenvalue weighted by molar-refractivity contribution is 7.92. The molecule has 4 aromatic rings. The van der Waals surface area contributed by atoms with Gasteiger partial charge in [-0.2, -0.15) is 0 Å². The summed E-state index contributed by atoms with van der Waals surface area (Å²) in [5, 5.41) is 2.66. The lowest BCUT2D eigenvalue weighted by atomic mass is 10.0. The van der Waals surface area contributed by atoms with E-state index < -0.39 is 34.3 Å². The van der Waals surface area contributed by atoms with Crippen LogP contribution in [-0.4, -0.2) is 51.4 Å². The van der Waals surface area contributed by atoms with Gasteiger partial charge in [0.05, 0.1) is 17.2 Å². The largest absolute Gasteiger partial charge is 0.494 e. The number of nitrogens with zero attached hydrogens (tertiary/aromatic N) is 2. The molecular formula is C33H34FN3O5S. The third kappa shape index (κ3) is 7.98. The molecule has 8 nitrogen and oxygen atoms in total. The van der Waals surface area contributed by atoms with Crippen LogP contribution in [0.1, 0.15) is 18.1 Å². The monoisotopic (exact) mass is 603 g/mol. The van der Waals surface area contributed by atoms with Crippen LogP contribution in [0.5, 0.6) is 5.75 Å². The zero-order valence-corrected chi connectivity index (χ0v) is 24.8. The fraction of sp³-hybridized carbons (Fsp3) is 0.212. The number of carbonyl (C=O) groups excluding carboxylic acids is 2. The smallest absolute Gasteiger partial charge is 0.264 e. The molecule has 0 aliphatic heterocycles. The van der Waals surface area contributed by atoms with Crippen LogP contribution in [0.15, 0.2) is 114 Å². The third-order valence-corrected chi connectivity index (χ3v) is 8.62. The molecule has 0 bridgehead atoms. The zero-order chi connectivity index (χ0) is 30.8. The molecular weight excluding hydrogens is 569 g/mol. The SMILES string of the molecule is CCOc1ccc(N(CC(=O)N(Cc2ccccc2)C(Cc2ccccc2)C(=O)NC)S(=O)(=O)c2ccc(F)cc2)cc1. The molecule has 10 heteroatoms. The summed E-state index contributed by atoms with van der Waals surface area (Å²) in [6, 6.07) is 28.3. The molecule has 224 valence electrons. The summed E-state index contributed by atoms with van der Waals surface area (Å²) in [6.07, 6.45) is 0.215. The Bertz CT molecular complexity index is 1600. The summed E-state index contributed by atoms with van der Waals surface area (Å²) in [5.74, 6) is -1.04. The molecule has 2 amide bonds. The van der Waals surface area contributed by atoms with Crippen molar-refractivity contribution >= 4 is 27.5 Å². The van der Waals surface area contributed by atoms with Gasteiger partial charge in [-0.25, -0.2) is 12.8 Å². The first-order valence-corrected chi connectivity index (χ1v) is 15.3. The predicted octanol–water partition coefficient (Wildman–Crippen LogP) is 4.81. The summed E-state index contributed by atoms with van der Waals surface area (Å²) in [4.78, 5) is 28.7. The Morgan fingerprint density at radius 2 is 1.42 bits per heavy atom. The van der Waals surface area contributed by atoms with E-state index in [0.717, 1.165) is 39.7 Å². The van der Waals surface area contributed by atoms with E-state index in [0.29, 0.717) is 12.4 Å². The number of sulfonamides is 1. The first-order chi connectivity index (χ1) is 20.7. The summed E-state index contributed by atoms with van der Waals surface area (Å²) in [6.45, 7) is 1.71. The molecule has 0 radical (unpaired) electrons. The van der Waals surface area contributed by atoms with E-state index in [1.54, 1.807) is 24.3 Å². The van der Waals surface area contributed by atoms with Crippen LogP contribution < -0.4 is 14.4 Å². The number of likely N-dealkylation sites (N-methyl/N-ethyl adjacent to an activating group) is 1. The van der Waals surface area contributed by atoms with E-state index in [9.17, 15) is 22.4 Å². The Morgan fingerprint density at radius 3 is 1.98 bits per heavy atom. The van der Waals surface area contributed by atoms with Crippen molar-refractivity contribution < 1.29 is 27.1 Å². The Morgan fingerprint density at radius 1 is 0.837 bits per heavy atom. The van der Waals surface area contributed by atoms with Crippen molar-refractivity contribution in [3.8, 4) is 5.75 Å². The van der Waals surface area contributed by atoms with Gasteiger partial charge in [0.15, 0.2) is 0 Å². The quantitative estimate of drug-likeness (QED) is 0.237. The van der Waals surface area contributed by atoms with E-state index in [1.807, 2.05) is 67.6 Å². The van der Waals surface area contributed by atoms with Crippen LogP contribution in [0.4, 0.5) is 10.1 Å². The molecule has 0 aliphatic rings. The number of amides is 2. The first-order valence-electron chi connectivity index (χ1n) is 13.8. The maximum atomic E-state index is 14.2. The van der Waals surface area contributed by atoms with Crippen LogP contribution in [-0.2, 0) is 32.6 Å². The first kappa shape index (κ1) is 31.2. The molecule has 0 spiro atoms. The number of rotatable bonds is 13. The molecule has 1 unspecified atom stereocenters. The molecule has 4 aromatic carbocycles. The number of carbonyl (C=O) groups is 2. The summed E-state index contributed by atoms with van der Waals surface area (Å²) in [7, 11) is -2.83. The van der Waals surface area contributed by atoms with Gasteiger partial charge in [-0.15, -0.1) is 0 Å². The van der Waals surface area contributed by atoms with Crippen LogP contribution in [0, 0.1) is 5.82 Å². The van der Waals surface area contributed by atoms with Crippen LogP contribution in [0.3, 0.4) is 0 Å². The summed E-state index contributed by atoms with van der Waals surface area (Å²) >= 11 is 0. The molecule has 0 saturated carbocycles.